The van der Waals surface area contributed by atoms with Crippen molar-refractivity contribution in [3.05, 3.63) is 12.2 Å². The van der Waals surface area contributed by atoms with Gasteiger partial charge in [0.15, 0.2) is 6.29 Å². The lowest BCUT2D eigenvalue weighted by Crippen LogP contribution is -2.29. The first kappa shape index (κ1) is 8.01. The zero-order valence-electron chi connectivity index (χ0n) is 7.82. The fourth-order valence-corrected chi connectivity index (χ4v) is 2.92. The van der Waals surface area contributed by atoms with Crippen LogP contribution in [0.4, 0.5) is 0 Å². The lowest BCUT2D eigenvalue weighted by atomic mass is 9.80. The van der Waals surface area contributed by atoms with Gasteiger partial charge in [0.1, 0.15) is 0 Å². The van der Waals surface area contributed by atoms with E-state index in [9.17, 15) is 0 Å². The van der Waals surface area contributed by atoms with Crippen molar-refractivity contribution in [2.75, 3.05) is 6.61 Å². The predicted molar refractivity (Wildman–Crippen MR) is 49.2 cm³/mol. The van der Waals surface area contributed by atoms with Crippen molar-refractivity contribution < 1.29 is 9.47 Å². The molecule has 2 heteroatoms. The Hall–Kier alpha value is -0.340. The van der Waals surface area contributed by atoms with E-state index in [0.29, 0.717) is 12.0 Å². The Balaban J connectivity index is 1.80. The van der Waals surface area contributed by atoms with Crippen LogP contribution in [-0.4, -0.2) is 19.0 Å². The Morgan fingerprint density at radius 2 is 2.00 bits per heavy atom. The molecule has 0 amide bonds. The molecule has 0 spiro atoms. The number of hydrogen-bond acceptors (Lipinski definition) is 2. The molecule has 0 unspecified atom stereocenters. The summed E-state index contributed by atoms with van der Waals surface area (Å²) in [5.41, 5.74) is 0. The van der Waals surface area contributed by atoms with Gasteiger partial charge in [-0.1, -0.05) is 12.2 Å². The summed E-state index contributed by atoms with van der Waals surface area (Å²) in [4.78, 5) is 0. The number of allylic oxidation sites excluding steroid dienone is 1. The van der Waals surface area contributed by atoms with Crippen molar-refractivity contribution in [2.45, 2.75) is 38.1 Å². The van der Waals surface area contributed by atoms with Crippen molar-refractivity contribution in [3.63, 3.8) is 0 Å². The smallest absolute Gasteiger partial charge is 0.161 e. The molecule has 0 aromatic heterocycles. The zero-order valence-corrected chi connectivity index (χ0v) is 7.82. The summed E-state index contributed by atoms with van der Waals surface area (Å²) in [6.45, 7) is 0.897. The normalized spacial score (nSPS) is 48.6. The van der Waals surface area contributed by atoms with Crippen molar-refractivity contribution in [2.24, 2.45) is 11.8 Å². The van der Waals surface area contributed by atoms with Gasteiger partial charge in [-0.25, -0.2) is 0 Å². The maximum Gasteiger partial charge on any atom is 0.161 e. The largest absolute Gasteiger partial charge is 0.352 e. The Morgan fingerprint density at radius 1 is 1.08 bits per heavy atom. The second kappa shape index (κ2) is 3.10. The standard InChI is InChI=1S/C11H16O2/c1-2-6-10-8(4-1)9-5-3-7-12-11(9)13-10/h1-2,8-11H,3-7H2/t8-,9+,10+,11-/m0/s1. The van der Waals surface area contributed by atoms with Gasteiger partial charge >= 0.3 is 0 Å². The van der Waals surface area contributed by atoms with E-state index in [1.165, 1.54) is 19.3 Å². The van der Waals surface area contributed by atoms with Crippen LogP contribution in [-0.2, 0) is 9.47 Å². The molecular weight excluding hydrogens is 164 g/mol. The molecule has 0 aromatic rings. The van der Waals surface area contributed by atoms with Crippen molar-refractivity contribution in [1.82, 2.24) is 0 Å². The summed E-state index contributed by atoms with van der Waals surface area (Å²) in [5, 5.41) is 0. The van der Waals surface area contributed by atoms with Crippen molar-refractivity contribution in [3.8, 4) is 0 Å². The van der Waals surface area contributed by atoms with E-state index in [-0.39, 0.29) is 6.29 Å². The molecular formula is C11H16O2. The maximum absolute atomic E-state index is 5.90. The highest BCUT2D eigenvalue weighted by molar-refractivity contribution is 5.01. The van der Waals surface area contributed by atoms with Crippen molar-refractivity contribution >= 4 is 0 Å². The molecule has 3 aliphatic rings. The van der Waals surface area contributed by atoms with Gasteiger partial charge in [0.05, 0.1) is 6.10 Å². The lowest BCUT2D eigenvalue weighted by molar-refractivity contribution is -0.165. The fraction of sp³-hybridized carbons (Fsp3) is 0.818. The van der Waals surface area contributed by atoms with Crippen LogP contribution in [0.3, 0.4) is 0 Å². The minimum Gasteiger partial charge on any atom is -0.352 e. The summed E-state index contributed by atoms with van der Waals surface area (Å²) in [5.74, 6) is 1.43. The Kier molecular flexibility index (Phi) is 1.91. The topological polar surface area (TPSA) is 18.5 Å². The van der Waals surface area contributed by atoms with Gasteiger partial charge in [0.2, 0.25) is 0 Å². The third-order valence-corrected chi connectivity index (χ3v) is 3.59. The molecule has 2 nitrogen and oxygen atoms in total. The third-order valence-electron chi connectivity index (χ3n) is 3.59. The molecule has 2 heterocycles. The van der Waals surface area contributed by atoms with E-state index in [0.717, 1.165) is 18.9 Å². The number of rotatable bonds is 0. The average molecular weight is 180 g/mol. The van der Waals surface area contributed by atoms with Crippen LogP contribution in [0.1, 0.15) is 25.7 Å². The van der Waals surface area contributed by atoms with Crippen LogP contribution in [0.5, 0.6) is 0 Å². The molecule has 72 valence electrons. The molecule has 4 atom stereocenters. The molecule has 0 bridgehead atoms. The Morgan fingerprint density at radius 3 is 3.00 bits per heavy atom. The highest BCUT2D eigenvalue weighted by atomic mass is 16.7. The predicted octanol–water partition coefficient (Wildman–Crippen LogP) is 2.10. The van der Waals surface area contributed by atoms with Crippen molar-refractivity contribution in [1.29, 1.82) is 0 Å². The molecule has 0 aromatic carbocycles. The number of hydrogen-bond donors (Lipinski definition) is 0. The SMILES string of the molecule is C1=CC[C@H]2O[C@@H]3OCCC[C@@H]3[C@@H]2C1. The molecule has 0 saturated carbocycles. The monoisotopic (exact) mass is 180 g/mol. The van der Waals surface area contributed by atoms with E-state index in [1.807, 2.05) is 0 Å². The van der Waals surface area contributed by atoms with Gasteiger partial charge in [-0.2, -0.15) is 0 Å². The first-order valence-electron chi connectivity index (χ1n) is 5.37. The molecule has 2 saturated heterocycles. The minimum atomic E-state index is 0.128. The van der Waals surface area contributed by atoms with Gasteiger partial charge < -0.3 is 9.47 Å². The second-order valence-corrected chi connectivity index (χ2v) is 4.33. The molecule has 0 radical (unpaired) electrons. The molecule has 2 aliphatic heterocycles. The van der Waals surface area contributed by atoms with Gasteiger partial charge in [-0.3, -0.25) is 0 Å². The first-order valence-corrected chi connectivity index (χ1v) is 5.37. The van der Waals surface area contributed by atoms with Crippen LogP contribution in [0.2, 0.25) is 0 Å². The fourth-order valence-electron chi connectivity index (χ4n) is 2.92. The zero-order chi connectivity index (χ0) is 8.67. The summed E-state index contributed by atoms with van der Waals surface area (Å²) in [6, 6.07) is 0. The third kappa shape index (κ3) is 1.24. The van der Waals surface area contributed by atoms with Crippen LogP contribution in [0.25, 0.3) is 0 Å². The highest BCUT2D eigenvalue weighted by Gasteiger charge is 2.45. The summed E-state index contributed by atoms with van der Waals surface area (Å²) >= 11 is 0. The van der Waals surface area contributed by atoms with Gasteiger partial charge in [-0.15, -0.1) is 0 Å². The second-order valence-electron chi connectivity index (χ2n) is 4.33. The minimum absolute atomic E-state index is 0.128. The van der Waals surface area contributed by atoms with Crippen LogP contribution >= 0.6 is 0 Å². The van der Waals surface area contributed by atoms with E-state index in [4.69, 9.17) is 9.47 Å². The molecule has 13 heavy (non-hydrogen) atoms. The first-order chi connectivity index (χ1) is 6.45. The van der Waals surface area contributed by atoms with Crippen LogP contribution < -0.4 is 0 Å². The molecule has 1 aliphatic carbocycles. The Bertz CT molecular complexity index is 224. The van der Waals surface area contributed by atoms with Gasteiger partial charge in [0.25, 0.3) is 0 Å². The summed E-state index contributed by atoms with van der Waals surface area (Å²) in [7, 11) is 0. The molecule has 3 rings (SSSR count). The van der Waals surface area contributed by atoms with E-state index < -0.39 is 0 Å². The van der Waals surface area contributed by atoms with E-state index in [2.05, 4.69) is 12.2 Å². The van der Waals surface area contributed by atoms with Crippen LogP contribution in [0, 0.1) is 11.8 Å². The van der Waals surface area contributed by atoms with Gasteiger partial charge in [0, 0.05) is 12.5 Å². The van der Waals surface area contributed by atoms with Crippen LogP contribution in [0.15, 0.2) is 12.2 Å². The number of fused-ring (bicyclic) bond motifs is 3. The number of ether oxygens (including phenoxy) is 2. The van der Waals surface area contributed by atoms with E-state index >= 15 is 0 Å². The van der Waals surface area contributed by atoms with Gasteiger partial charge in [-0.05, 0) is 31.6 Å². The molecule has 0 N–H and O–H groups in total. The Labute approximate surface area is 78.9 Å². The average Bonchev–Trinajstić information content (AvgIpc) is 2.56. The lowest BCUT2D eigenvalue weighted by Gasteiger charge is -2.27. The highest BCUT2D eigenvalue weighted by Crippen LogP contribution is 2.43. The summed E-state index contributed by atoms with van der Waals surface area (Å²) in [6.07, 6.45) is 9.97. The quantitative estimate of drug-likeness (QED) is 0.531. The molecule has 2 fully saturated rings. The van der Waals surface area contributed by atoms with E-state index in [1.54, 1.807) is 0 Å². The summed E-state index contributed by atoms with van der Waals surface area (Å²) < 4.78 is 11.5. The maximum atomic E-state index is 5.90.